The Morgan fingerprint density at radius 3 is 2.41 bits per heavy atom. The molecule has 8 heteroatoms. The third-order valence-electron chi connectivity index (χ3n) is 5.05. The van der Waals surface area contributed by atoms with Crippen molar-refractivity contribution < 1.29 is 28.5 Å². The molecule has 1 aliphatic rings. The van der Waals surface area contributed by atoms with Gasteiger partial charge in [-0.1, -0.05) is 30.3 Å². The molecule has 32 heavy (non-hydrogen) atoms. The Morgan fingerprint density at radius 2 is 1.78 bits per heavy atom. The minimum absolute atomic E-state index is 0.00305. The number of nitrogens with two attached hydrogens (primary N) is 1. The van der Waals surface area contributed by atoms with Crippen LogP contribution in [0.5, 0.6) is 5.75 Å². The third-order valence-corrected chi connectivity index (χ3v) is 5.05. The zero-order valence-corrected chi connectivity index (χ0v) is 18.1. The lowest BCUT2D eigenvalue weighted by molar-refractivity contribution is -0.143. The highest BCUT2D eigenvalue weighted by molar-refractivity contribution is 5.97. The number of benzene rings is 2. The number of hydrogen-bond donors (Lipinski definition) is 1. The Kier molecular flexibility index (Phi) is 7.00. The van der Waals surface area contributed by atoms with Crippen LogP contribution in [0.25, 0.3) is 10.8 Å². The molecule has 1 unspecified atom stereocenters. The van der Waals surface area contributed by atoms with E-state index in [1.807, 2.05) is 24.3 Å². The lowest BCUT2D eigenvalue weighted by atomic mass is 9.80. The lowest BCUT2D eigenvalue weighted by Gasteiger charge is -2.28. The van der Waals surface area contributed by atoms with Gasteiger partial charge in [0.05, 0.1) is 31.8 Å². The van der Waals surface area contributed by atoms with Crippen molar-refractivity contribution in [1.82, 2.24) is 0 Å². The van der Waals surface area contributed by atoms with Gasteiger partial charge in [0, 0.05) is 5.39 Å². The molecule has 0 bridgehead atoms. The molecular weight excluding hydrogens is 412 g/mol. The molecule has 2 N–H and O–H groups in total. The van der Waals surface area contributed by atoms with Gasteiger partial charge in [0.2, 0.25) is 5.88 Å². The van der Waals surface area contributed by atoms with Crippen molar-refractivity contribution in [3.05, 3.63) is 64.8 Å². The van der Waals surface area contributed by atoms with Gasteiger partial charge in [0.15, 0.2) is 0 Å². The summed E-state index contributed by atoms with van der Waals surface area (Å²) in [6.45, 7) is 3.61. The van der Waals surface area contributed by atoms with Gasteiger partial charge in [0.1, 0.15) is 29.6 Å². The van der Waals surface area contributed by atoms with Crippen LogP contribution in [-0.4, -0.2) is 32.3 Å². The van der Waals surface area contributed by atoms with E-state index in [1.165, 1.54) is 0 Å². The highest BCUT2D eigenvalue weighted by Crippen LogP contribution is 2.44. The molecule has 8 nitrogen and oxygen atoms in total. The first-order valence-electron chi connectivity index (χ1n) is 10.2. The van der Waals surface area contributed by atoms with E-state index in [4.69, 9.17) is 24.7 Å². The number of esters is 2. The molecule has 0 aliphatic carbocycles. The largest absolute Gasteiger partial charge is 0.496 e. The molecule has 166 valence electrons. The number of carbonyl (C=O) groups is 2. The van der Waals surface area contributed by atoms with E-state index in [0.29, 0.717) is 11.3 Å². The Morgan fingerprint density at radius 1 is 1.09 bits per heavy atom. The zero-order chi connectivity index (χ0) is 23.3. The Hall–Kier alpha value is -3.99. The maximum atomic E-state index is 13.0. The van der Waals surface area contributed by atoms with Crippen LogP contribution in [0.2, 0.25) is 0 Å². The standard InChI is InChI=1S/C24H24N2O6/c1-4-30-20(27)12-19-22(24(28)31-5-2)21(17(13-25)23(26)32-19)16-10-11-18(29-3)15-9-7-6-8-14(15)16/h6-11,21H,4-5,12,26H2,1-3H3. The number of methoxy groups -OCH3 is 1. The van der Waals surface area contributed by atoms with Gasteiger partial charge in [-0.05, 0) is 30.9 Å². The van der Waals surface area contributed by atoms with Gasteiger partial charge >= 0.3 is 11.9 Å². The Bertz CT molecular complexity index is 1160. The number of rotatable bonds is 7. The van der Waals surface area contributed by atoms with E-state index in [-0.39, 0.29) is 42.4 Å². The van der Waals surface area contributed by atoms with Crippen molar-refractivity contribution in [2.24, 2.45) is 5.73 Å². The van der Waals surface area contributed by atoms with E-state index >= 15 is 0 Å². The maximum Gasteiger partial charge on any atom is 0.338 e. The van der Waals surface area contributed by atoms with E-state index < -0.39 is 17.9 Å². The monoisotopic (exact) mass is 436 g/mol. The molecule has 0 amide bonds. The number of nitrogens with zero attached hydrogens (tertiary/aromatic N) is 1. The van der Waals surface area contributed by atoms with E-state index in [1.54, 1.807) is 33.1 Å². The molecule has 0 saturated heterocycles. The van der Waals surface area contributed by atoms with E-state index in [9.17, 15) is 14.9 Å². The van der Waals surface area contributed by atoms with Crippen LogP contribution in [-0.2, 0) is 23.8 Å². The molecule has 0 aromatic heterocycles. The quantitative estimate of drug-likeness (QED) is 0.656. The molecule has 0 spiro atoms. The summed E-state index contributed by atoms with van der Waals surface area (Å²) in [6, 6.07) is 13.0. The molecule has 3 rings (SSSR count). The van der Waals surface area contributed by atoms with Gasteiger partial charge < -0.3 is 24.7 Å². The Labute approximate surface area is 185 Å². The minimum atomic E-state index is -0.895. The predicted molar refractivity (Wildman–Crippen MR) is 116 cm³/mol. The predicted octanol–water partition coefficient (Wildman–Crippen LogP) is 3.43. The number of hydrogen-bond acceptors (Lipinski definition) is 8. The Balaban J connectivity index is 2.30. The number of nitriles is 1. The molecule has 2 aromatic carbocycles. The second kappa shape index (κ2) is 9.88. The number of allylic oxidation sites excluding steroid dienone is 1. The summed E-state index contributed by atoms with van der Waals surface area (Å²) < 4.78 is 21.3. The van der Waals surface area contributed by atoms with Crippen LogP contribution in [0, 0.1) is 11.3 Å². The molecule has 1 heterocycles. The SMILES string of the molecule is CCOC(=O)CC1=C(C(=O)OCC)C(c2ccc(OC)c3ccccc23)C(C#N)=C(N)O1. The first kappa shape index (κ1) is 22.7. The van der Waals surface area contributed by atoms with Crippen molar-refractivity contribution >= 4 is 22.7 Å². The van der Waals surface area contributed by atoms with Crippen LogP contribution in [0.1, 0.15) is 31.7 Å². The van der Waals surface area contributed by atoms with Gasteiger partial charge in [-0.25, -0.2) is 4.79 Å². The van der Waals surface area contributed by atoms with Gasteiger partial charge in [-0.15, -0.1) is 0 Å². The first-order chi connectivity index (χ1) is 15.5. The fourth-order valence-corrected chi connectivity index (χ4v) is 3.76. The average Bonchev–Trinajstić information content (AvgIpc) is 2.78. The highest BCUT2D eigenvalue weighted by Gasteiger charge is 2.39. The summed E-state index contributed by atoms with van der Waals surface area (Å²) in [7, 11) is 1.57. The van der Waals surface area contributed by atoms with Crippen molar-refractivity contribution in [3.63, 3.8) is 0 Å². The molecule has 0 fully saturated rings. The zero-order valence-electron chi connectivity index (χ0n) is 18.1. The van der Waals surface area contributed by atoms with Crippen LogP contribution in [0.15, 0.2) is 59.2 Å². The van der Waals surface area contributed by atoms with Crippen LogP contribution < -0.4 is 10.5 Å². The topological polar surface area (TPSA) is 121 Å². The summed E-state index contributed by atoms with van der Waals surface area (Å²) in [5, 5.41) is 11.4. The van der Waals surface area contributed by atoms with Crippen LogP contribution >= 0.6 is 0 Å². The summed E-state index contributed by atoms with van der Waals surface area (Å²) in [5.74, 6) is -1.71. The van der Waals surface area contributed by atoms with Crippen molar-refractivity contribution in [1.29, 1.82) is 5.26 Å². The summed E-state index contributed by atoms with van der Waals surface area (Å²) >= 11 is 0. The van der Waals surface area contributed by atoms with Crippen molar-refractivity contribution in [2.75, 3.05) is 20.3 Å². The second-order valence-corrected chi connectivity index (χ2v) is 6.87. The average molecular weight is 436 g/mol. The number of carbonyl (C=O) groups excluding carboxylic acids is 2. The molecule has 1 atom stereocenters. The van der Waals surface area contributed by atoms with E-state index in [2.05, 4.69) is 6.07 Å². The summed E-state index contributed by atoms with van der Waals surface area (Å²) in [5.41, 5.74) is 6.79. The lowest BCUT2D eigenvalue weighted by Crippen LogP contribution is -2.27. The molecule has 2 aromatic rings. The molecule has 0 saturated carbocycles. The van der Waals surface area contributed by atoms with Crippen molar-refractivity contribution in [3.8, 4) is 11.8 Å². The molecule has 1 aliphatic heterocycles. The number of fused-ring (bicyclic) bond motifs is 1. The maximum absolute atomic E-state index is 13.0. The van der Waals surface area contributed by atoms with Crippen LogP contribution in [0.4, 0.5) is 0 Å². The van der Waals surface area contributed by atoms with Crippen molar-refractivity contribution in [2.45, 2.75) is 26.2 Å². The fourth-order valence-electron chi connectivity index (χ4n) is 3.76. The number of ether oxygens (including phenoxy) is 4. The summed E-state index contributed by atoms with van der Waals surface area (Å²) in [6.07, 6.45) is -0.327. The first-order valence-corrected chi connectivity index (χ1v) is 10.2. The summed E-state index contributed by atoms with van der Waals surface area (Å²) in [4.78, 5) is 25.3. The van der Waals surface area contributed by atoms with E-state index in [0.717, 1.165) is 10.8 Å². The van der Waals surface area contributed by atoms with Gasteiger partial charge in [-0.3, -0.25) is 4.79 Å². The minimum Gasteiger partial charge on any atom is -0.496 e. The molecule has 0 radical (unpaired) electrons. The molecular formula is C24H24N2O6. The van der Waals surface area contributed by atoms with Gasteiger partial charge in [-0.2, -0.15) is 5.26 Å². The smallest absolute Gasteiger partial charge is 0.338 e. The van der Waals surface area contributed by atoms with Gasteiger partial charge in [0.25, 0.3) is 0 Å². The highest BCUT2D eigenvalue weighted by atomic mass is 16.5. The second-order valence-electron chi connectivity index (χ2n) is 6.87. The van der Waals surface area contributed by atoms with Crippen LogP contribution in [0.3, 0.4) is 0 Å². The fraction of sp³-hybridized carbons (Fsp3) is 0.292. The normalized spacial score (nSPS) is 15.8. The third kappa shape index (κ3) is 4.23.